The number of nitrogens with zero attached hydrogens (tertiary/aromatic N) is 3. The first kappa shape index (κ1) is 26.1. The molecule has 1 aromatic heterocycles. The van der Waals surface area contributed by atoms with E-state index in [1.165, 1.54) is 0 Å². The van der Waals surface area contributed by atoms with Gasteiger partial charge in [-0.2, -0.15) is 0 Å². The molecule has 188 valence electrons. The van der Waals surface area contributed by atoms with Crippen molar-refractivity contribution in [2.75, 3.05) is 26.1 Å². The van der Waals surface area contributed by atoms with E-state index in [1.807, 2.05) is 18.2 Å². The number of aromatic nitrogens is 3. The van der Waals surface area contributed by atoms with E-state index in [9.17, 15) is 4.79 Å². The molecule has 0 bridgehead atoms. The van der Waals surface area contributed by atoms with Gasteiger partial charge in [-0.05, 0) is 48.6 Å². The van der Waals surface area contributed by atoms with Crippen LogP contribution >= 0.6 is 0 Å². The standard InChI is InChI=1S/C27H36N4O4/c1-8-9-10-13-35-22-15-19(27(3,4)5)14-20(16-22)28-26(32)25-18(2)31(30-29-25)23-17-21(33-6)11-12-24(23)34-7/h11-12,14-17H,8-10,13H2,1-7H3,(H,28,32). The highest BCUT2D eigenvalue weighted by atomic mass is 16.5. The van der Waals surface area contributed by atoms with Gasteiger partial charge in [-0.3, -0.25) is 4.79 Å². The molecule has 0 aliphatic carbocycles. The predicted octanol–water partition coefficient (Wildman–Crippen LogP) is 5.71. The van der Waals surface area contributed by atoms with Crippen molar-refractivity contribution in [1.29, 1.82) is 0 Å². The topological polar surface area (TPSA) is 87.5 Å². The number of carbonyl (C=O) groups excluding carboxylic acids is 1. The fourth-order valence-electron chi connectivity index (χ4n) is 3.65. The molecule has 0 aliphatic rings. The molecule has 0 saturated heterocycles. The van der Waals surface area contributed by atoms with Gasteiger partial charge < -0.3 is 19.5 Å². The third-order valence-electron chi connectivity index (χ3n) is 5.77. The van der Waals surface area contributed by atoms with Crippen LogP contribution in [0.25, 0.3) is 5.69 Å². The van der Waals surface area contributed by atoms with Crippen LogP contribution in [0.3, 0.4) is 0 Å². The number of anilines is 1. The van der Waals surface area contributed by atoms with Crippen LogP contribution in [0.15, 0.2) is 36.4 Å². The number of ether oxygens (including phenoxy) is 3. The van der Waals surface area contributed by atoms with E-state index >= 15 is 0 Å². The van der Waals surface area contributed by atoms with Gasteiger partial charge >= 0.3 is 0 Å². The van der Waals surface area contributed by atoms with Crippen molar-refractivity contribution < 1.29 is 19.0 Å². The second-order valence-electron chi connectivity index (χ2n) is 9.48. The Bertz CT molecular complexity index is 1160. The first-order chi connectivity index (χ1) is 16.7. The maximum absolute atomic E-state index is 13.2. The molecular formula is C27H36N4O4. The first-order valence-electron chi connectivity index (χ1n) is 11.9. The number of benzene rings is 2. The summed E-state index contributed by atoms with van der Waals surface area (Å²) in [6, 6.07) is 11.2. The number of unbranched alkanes of at least 4 members (excludes halogenated alkanes) is 2. The van der Waals surface area contributed by atoms with Crippen molar-refractivity contribution in [2.45, 2.75) is 59.3 Å². The van der Waals surface area contributed by atoms with Crippen LogP contribution in [0.4, 0.5) is 5.69 Å². The highest BCUT2D eigenvalue weighted by Gasteiger charge is 2.21. The lowest BCUT2D eigenvalue weighted by atomic mass is 9.86. The summed E-state index contributed by atoms with van der Waals surface area (Å²) in [6.07, 6.45) is 3.25. The van der Waals surface area contributed by atoms with Crippen LogP contribution in [0, 0.1) is 6.92 Å². The van der Waals surface area contributed by atoms with Gasteiger partial charge in [0.05, 0.1) is 26.5 Å². The molecule has 2 aromatic carbocycles. The van der Waals surface area contributed by atoms with Crippen molar-refractivity contribution >= 4 is 11.6 Å². The van der Waals surface area contributed by atoms with Gasteiger partial charge in [0.25, 0.3) is 5.91 Å². The minimum Gasteiger partial charge on any atom is -0.497 e. The minimum absolute atomic E-state index is 0.107. The van der Waals surface area contributed by atoms with E-state index in [4.69, 9.17) is 14.2 Å². The molecule has 0 atom stereocenters. The van der Waals surface area contributed by atoms with E-state index in [0.29, 0.717) is 35.2 Å². The minimum atomic E-state index is -0.349. The van der Waals surface area contributed by atoms with E-state index in [0.717, 1.165) is 30.6 Å². The van der Waals surface area contributed by atoms with Crippen LogP contribution in [0.2, 0.25) is 0 Å². The maximum atomic E-state index is 13.2. The molecule has 1 amide bonds. The molecule has 0 spiro atoms. The van der Waals surface area contributed by atoms with Gasteiger partial charge in [0.1, 0.15) is 22.9 Å². The van der Waals surface area contributed by atoms with E-state index in [2.05, 4.69) is 43.3 Å². The monoisotopic (exact) mass is 480 g/mol. The van der Waals surface area contributed by atoms with Crippen LogP contribution in [-0.4, -0.2) is 41.7 Å². The number of hydrogen-bond donors (Lipinski definition) is 1. The summed E-state index contributed by atoms with van der Waals surface area (Å²) in [7, 11) is 3.17. The number of nitrogens with one attached hydrogen (secondary N) is 1. The van der Waals surface area contributed by atoms with Crippen molar-refractivity contribution in [3.8, 4) is 22.9 Å². The predicted molar refractivity (Wildman–Crippen MR) is 137 cm³/mol. The van der Waals surface area contributed by atoms with Crippen molar-refractivity contribution in [1.82, 2.24) is 15.0 Å². The molecule has 1 heterocycles. The second kappa shape index (κ2) is 11.3. The lowest BCUT2D eigenvalue weighted by Crippen LogP contribution is -2.16. The highest BCUT2D eigenvalue weighted by molar-refractivity contribution is 6.03. The Labute approximate surface area is 207 Å². The zero-order chi connectivity index (χ0) is 25.6. The normalized spacial score (nSPS) is 11.3. The number of carbonyl (C=O) groups is 1. The van der Waals surface area contributed by atoms with Crippen molar-refractivity contribution in [2.24, 2.45) is 0 Å². The lowest BCUT2D eigenvalue weighted by molar-refractivity contribution is 0.102. The van der Waals surface area contributed by atoms with Crippen molar-refractivity contribution in [3.63, 3.8) is 0 Å². The Morgan fingerprint density at radius 1 is 1.03 bits per heavy atom. The zero-order valence-corrected chi connectivity index (χ0v) is 21.8. The van der Waals surface area contributed by atoms with Gasteiger partial charge in [0.2, 0.25) is 0 Å². The summed E-state index contributed by atoms with van der Waals surface area (Å²) in [4.78, 5) is 13.2. The Morgan fingerprint density at radius 2 is 1.80 bits per heavy atom. The molecule has 0 unspecified atom stereocenters. The Balaban J connectivity index is 1.88. The summed E-state index contributed by atoms with van der Waals surface area (Å²) >= 11 is 0. The van der Waals surface area contributed by atoms with Gasteiger partial charge in [-0.15, -0.1) is 5.10 Å². The number of rotatable bonds is 10. The zero-order valence-electron chi connectivity index (χ0n) is 21.8. The average Bonchev–Trinajstić information content (AvgIpc) is 3.22. The lowest BCUT2D eigenvalue weighted by Gasteiger charge is -2.21. The molecule has 1 N–H and O–H groups in total. The molecule has 3 aromatic rings. The first-order valence-corrected chi connectivity index (χ1v) is 11.9. The van der Waals surface area contributed by atoms with Gasteiger partial charge in [0, 0.05) is 17.8 Å². The molecule has 0 fully saturated rings. The average molecular weight is 481 g/mol. The van der Waals surface area contributed by atoms with Crippen molar-refractivity contribution in [3.05, 3.63) is 53.3 Å². The third-order valence-corrected chi connectivity index (χ3v) is 5.77. The Hall–Kier alpha value is -3.55. The summed E-state index contributed by atoms with van der Waals surface area (Å²) in [5, 5.41) is 11.3. The van der Waals surface area contributed by atoms with Gasteiger partial charge in [-0.1, -0.05) is 45.7 Å². The van der Waals surface area contributed by atoms with Crippen LogP contribution in [0.1, 0.15) is 68.7 Å². The fourth-order valence-corrected chi connectivity index (χ4v) is 3.65. The molecule has 35 heavy (non-hydrogen) atoms. The molecule has 8 nitrogen and oxygen atoms in total. The molecular weight excluding hydrogens is 444 g/mol. The number of hydrogen-bond acceptors (Lipinski definition) is 6. The Kier molecular flexibility index (Phi) is 8.38. The van der Waals surface area contributed by atoms with Crippen LogP contribution in [-0.2, 0) is 5.41 Å². The Morgan fingerprint density at radius 3 is 2.46 bits per heavy atom. The molecule has 0 aliphatic heterocycles. The summed E-state index contributed by atoms with van der Waals surface area (Å²) in [5.74, 6) is 1.63. The molecule has 3 rings (SSSR count). The fraction of sp³-hybridized carbons (Fsp3) is 0.444. The number of methoxy groups -OCH3 is 2. The van der Waals surface area contributed by atoms with E-state index in [1.54, 1.807) is 44.0 Å². The quantitative estimate of drug-likeness (QED) is 0.374. The summed E-state index contributed by atoms with van der Waals surface area (Å²) in [6.45, 7) is 11.0. The second-order valence-corrected chi connectivity index (χ2v) is 9.48. The van der Waals surface area contributed by atoms with Gasteiger partial charge in [0.15, 0.2) is 5.69 Å². The van der Waals surface area contributed by atoms with Crippen LogP contribution < -0.4 is 19.5 Å². The third kappa shape index (κ3) is 6.32. The highest BCUT2D eigenvalue weighted by Crippen LogP contribution is 2.31. The number of amides is 1. The van der Waals surface area contributed by atoms with E-state index in [-0.39, 0.29) is 17.0 Å². The van der Waals surface area contributed by atoms with Gasteiger partial charge in [-0.25, -0.2) is 4.68 Å². The summed E-state index contributed by atoms with van der Waals surface area (Å²) < 4.78 is 18.4. The molecule has 0 saturated carbocycles. The van der Waals surface area contributed by atoms with Crippen LogP contribution in [0.5, 0.6) is 17.2 Å². The smallest absolute Gasteiger partial charge is 0.278 e. The summed E-state index contributed by atoms with van der Waals surface area (Å²) in [5.41, 5.74) is 3.06. The SMILES string of the molecule is CCCCCOc1cc(NC(=O)c2nnn(-c3cc(OC)ccc3OC)c2C)cc(C(C)(C)C)c1. The van der Waals surface area contributed by atoms with E-state index < -0.39 is 0 Å². The molecule has 8 heteroatoms. The largest absolute Gasteiger partial charge is 0.497 e. The molecule has 0 radical (unpaired) electrons. The maximum Gasteiger partial charge on any atom is 0.278 e.